The van der Waals surface area contributed by atoms with Crippen LogP contribution in [-0.4, -0.2) is 53.6 Å². The summed E-state index contributed by atoms with van der Waals surface area (Å²) in [6.45, 7) is 15.0. The summed E-state index contributed by atoms with van der Waals surface area (Å²) >= 11 is 0. The van der Waals surface area contributed by atoms with Gasteiger partial charge in [-0.05, 0) is 62.2 Å². The van der Waals surface area contributed by atoms with Crippen LogP contribution in [0.15, 0.2) is 46.5 Å². The molecule has 2 heterocycles. The molecule has 1 aliphatic heterocycles. The minimum Gasteiger partial charge on any atom is -0.497 e. The predicted molar refractivity (Wildman–Crippen MR) is 151 cm³/mol. The summed E-state index contributed by atoms with van der Waals surface area (Å²) in [4.78, 5) is 14.0. The van der Waals surface area contributed by atoms with E-state index in [0.717, 1.165) is 41.3 Å². The van der Waals surface area contributed by atoms with E-state index in [1.807, 2.05) is 18.2 Å². The van der Waals surface area contributed by atoms with E-state index in [1.54, 1.807) is 19.0 Å². The van der Waals surface area contributed by atoms with Crippen molar-refractivity contribution in [3.05, 3.63) is 47.8 Å². The minimum absolute atomic E-state index is 0.234. The van der Waals surface area contributed by atoms with Crippen molar-refractivity contribution >= 4 is 22.8 Å². The highest BCUT2D eigenvalue weighted by Crippen LogP contribution is 2.34. The van der Waals surface area contributed by atoms with E-state index in [1.165, 1.54) is 18.5 Å². The number of hydrogen-bond acceptors (Lipinski definition) is 7. The number of unbranched alkanes of at least 4 members (excludes halogenated alkanes) is 1. The topological polar surface area (TPSA) is 77.1 Å². The Kier molecular flexibility index (Phi) is 7.66. The Balaban J connectivity index is 1.78. The highest BCUT2D eigenvalue weighted by molar-refractivity contribution is 6.50. The quantitative estimate of drug-likeness (QED) is 0.344. The Morgan fingerprint density at radius 3 is 2.43 bits per heavy atom. The number of aryl methyl sites for hydroxylation is 1. The Labute approximate surface area is 220 Å². The normalized spacial score (nSPS) is 14.1. The van der Waals surface area contributed by atoms with Crippen molar-refractivity contribution in [1.29, 1.82) is 0 Å². The third-order valence-corrected chi connectivity index (χ3v) is 6.52. The Bertz CT molecular complexity index is 1330. The third-order valence-electron chi connectivity index (χ3n) is 6.52. The number of hydrogen-bond donors (Lipinski definition) is 0. The number of nitrogens with zero attached hydrogens (tertiary/aromatic N) is 6. The highest BCUT2D eigenvalue weighted by Gasteiger charge is 2.35. The Morgan fingerprint density at radius 2 is 1.81 bits per heavy atom. The maximum Gasteiger partial charge on any atom is 0.204 e. The van der Waals surface area contributed by atoms with Gasteiger partial charge in [-0.1, -0.05) is 34.1 Å². The van der Waals surface area contributed by atoms with Crippen LogP contribution in [0.4, 0.5) is 11.4 Å². The molecule has 0 N–H and O–H groups in total. The number of ether oxygens (including phenoxy) is 2. The zero-order valence-corrected chi connectivity index (χ0v) is 23.3. The average Bonchev–Trinajstić information content (AvgIpc) is 3.44. The van der Waals surface area contributed by atoms with E-state index in [9.17, 15) is 0 Å². The maximum atomic E-state index is 5.56. The first-order chi connectivity index (χ1) is 17.7. The maximum absolute atomic E-state index is 5.56. The molecular weight excluding hydrogens is 464 g/mol. The van der Waals surface area contributed by atoms with E-state index >= 15 is 0 Å². The smallest absolute Gasteiger partial charge is 0.204 e. The number of aromatic nitrogens is 3. The van der Waals surface area contributed by atoms with Gasteiger partial charge in [0.05, 0.1) is 31.2 Å². The van der Waals surface area contributed by atoms with Gasteiger partial charge in [-0.2, -0.15) is 5.10 Å². The van der Waals surface area contributed by atoms with Gasteiger partial charge in [0.15, 0.2) is 5.82 Å². The summed E-state index contributed by atoms with van der Waals surface area (Å²) in [7, 11) is 3.26. The number of aliphatic imine (C=N–C) groups is 1. The van der Waals surface area contributed by atoms with Crippen molar-refractivity contribution in [2.24, 2.45) is 15.5 Å². The first-order valence-corrected chi connectivity index (χ1v) is 12.9. The van der Waals surface area contributed by atoms with Crippen molar-refractivity contribution in [2.45, 2.75) is 54.4 Å². The second-order valence-electron chi connectivity index (χ2n) is 10.3. The summed E-state index contributed by atoms with van der Waals surface area (Å²) in [5.74, 6) is 2.50. The van der Waals surface area contributed by atoms with Crippen LogP contribution in [0, 0.1) is 12.3 Å². The molecule has 1 aromatic heterocycles. The van der Waals surface area contributed by atoms with Gasteiger partial charge in [-0.25, -0.2) is 9.98 Å². The largest absolute Gasteiger partial charge is 0.497 e. The molecule has 0 saturated carbocycles. The zero-order chi connectivity index (χ0) is 26.7. The molecule has 3 aromatic rings. The van der Waals surface area contributed by atoms with Gasteiger partial charge < -0.3 is 14.4 Å². The van der Waals surface area contributed by atoms with Gasteiger partial charge in [-0.15, -0.1) is 9.89 Å². The molecule has 1 aliphatic rings. The molecule has 0 unspecified atom stereocenters. The zero-order valence-electron chi connectivity index (χ0n) is 23.3. The number of rotatable bonds is 9. The van der Waals surface area contributed by atoms with Gasteiger partial charge in [0.2, 0.25) is 5.82 Å². The van der Waals surface area contributed by atoms with Gasteiger partial charge >= 0.3 is 0 Å². The lowest BCUT2D eigenvalue weighted by Gasteiger charge is -2.23. The number of methoxy groups -OCH3 is 2. The first-order valence-electron chi connectivity index (χ1n) is 12.9. The second-order valence-corrected chi connectivity index (χ2v) is 10.3. The predicted octanol–water partition coefficient (Wildman–Crippen LogP) is 6.28. The lowest BCUT2D eigenvalue weighted by molar-refractivity contribution is 0.404. The summed E-state index contributed by atoms with van der Waals surface area (Å²) in [5.41, 5.74) is 5.34. The van der Waals surface area contributed by atoms with Crippen LogP contribution < -0.4 is 14.4 Å². The monoisotopic (exact) mass is 502 g/mol. The first kappa shape index (κ1) is 26.4. The standard InChI is InChI=1S/C29H38N6O2/c1-9-11-16-34(10-2)20-12-14-23(19(3)17-20)30-25-26(29(4,5)6)32-35-28(25)31-27(33-35)22-18-21(36-7)13-15-24(22)37-8/h12-15,17-18H,9-11,16H2,1-8H3. The molecule has 8 nitrogen and oxygen atoms in total. The second kappa shape index (κ2) is 10.7. The molecule has 196 valence electrons. The van der Waals surface area contributed by atoms with Crippen molar-refractivity contribution in [3.8, 4) is 22.9 Å². The van der Waals surface area contributed by atoms with Crippen LogP contribution in [0.1, 0.15) is 58.8 Å². The molecule has 8 heteroatoms. The molecule has 37 heavy (non-hydrogen) atoms. The van der Waals surface area contributed by atoms with Gasteiger partial charge in [-0.3, -0.25) is 0 Å². The van der Waals surface area contributed by atoms with Crippen LogP contribution in [0.2, 0.25) is 0 Å². The lowest BCUT2D eigenvalue weighted by atomic mass is 9.87. The van der Waals surface area contributed by atoms with Gasteiger partial charge in [0.25, 0.3) is 0 Å². The fourth-order valence-corrected chi connectivity index (χ4v) is 4.38. The molecule has 2 aromatic carbocycles. The summed E-state index contributed by atoms with van der Waals surface area (Å²) in [6.07, 6.45) is 2.36. The van der Waals surface area contributed by atoms with E-state index < -0.39 is 0 Å². The molecule has 0 atom stereocenters. The van der Waals surface area contributed by atoms with Crippen molar-refractivity contribution < 1.29 is 9.47 Å². The summed E-state index contributed by atoms with van der Waals surface area (Å²) in [6, 6.07) is 12.0. The molecule has 0 bridgehead atoms. The van der Waals surface area contributed by atoms with Crippen molar-refractivity contribution in [3.63, 3.8) is 0 Å². The molecule has 0 fully saturated rings. The molecule has 4 rings (SSSR count). The van der Waals surface area contributed by atoms with Crippen LogP contribution in [-0.2, 0) is 0 Å². The van der Waals surface area contributed by atoms with Crippen molar-refractivity contribution in [2.75, 3.05) is 32.2 Å². The van der Waals surface area contributed by atoms with E-state index in [-0.39, 0.29) is 5.41 Å². The Morgan fingerprint density at radius 1 is 1.03 bits per heavy atom. The van der Waals surface area contributed by atoms with E-state index in [2.05, 4.69) is 64.6 Å². The average molecular weight is 503 g/mol. The van der Waals surface area contributed by atoms with Crippen LogP contribution in [0.5, 0.6) is 11.5 Å². The minimum atomic E-state index is -0.234. The molecule has 0 aliphatic carbocycles. The summed E-state index contributed by atoms with van der Waals surface area (Å²) in [5, 5.41) is 9.51. The highest BCUT2D eigenvalue weighted by atomic mass is 16.5. The molecule has 0 radical (unpaired) electrons. The number of benzene rings is 2. The molecule has 0 spiro atoms. The Hall–Kier alpha value is -3.68. The van der Waals surface area contributed by atoms with E-state index in [0.29, 0.717) is 23.1 Å². The molecule has 0 amide bonds. The molecule has 0 saturated heterocycles. The molecular formula is C29H38N6O2. The SMILES string of the molecule is CCCCN(CC)c1ccc(N=C2C(C(C)(C)C)=Nn3nc(-c4cc(OC)ccc4OC)nc32)c(C)c1. The van der Waals surface area contributed by atoms with E-state index in [4.69, 9.17) is 29.7 Å². The summed E-state index contributed by atoms with van der Waals surface area (Å²) < 4.78 is 11.0. The lowest BCUT2D eigenvalue weighted by Crippen LogP contribution is -2.27. The van der Waals surface area contributed by atoms with Crippen LogP contribution in [0.25, 0.3) is 11.4 Å². The van der Waals surface area contributed by atoms with Crippen LogP contribution >= 0.6 is 0 Å². The fourth-order valence-electron chi connectivity index (χ4n) is 4.38. The van der Waals surface area contributed by atoms with Crippen LogP contribution in [0.3, 0.4) is 0 Å². The number of anilines is 1. The third kappa shape index (κ3) is 5.38. The fraction of sp³-hybridized carbons (Fsp3) is 0.448. The van der Waals surface area contributed by atoms with Gasteiger partial charge in [0, 0.05) is 24.2 Å². The van der Waals surface area contributed by atoms with Gasteiger partial charge in [0.1, 0.15) is 17.2 Å². The number of fused-ring (bicyclic) bond motifs is 1. The van der Waals surface area contributed by atoms with Crippen molar-refractivity contribution in [1.82, 2.24) is 14.9 Å².